The number of hydrogen-bond donors (Lipinski definition) is 1. The van der Waals surface area contributed by atoms with Crippen LogP contribution in [0, 0.1) is 0 Å². The Bertz CT molecular complexity index is 611. The fourth-order valence-corrected chi connectivity index (χ4v) is 2.45. The SMILES string of the molecule is CC(Cc1ccc(Cl)c(C(F)(F)F)c1)NCc1ccccc1. The minimum atomic E-state index is -4.42. The Hall–Kier alpha value is -1.52. The Labute approximate surface area is 133 Å². The molecule has 22 heavy (non-hydrogen) atoms. The van der Waals surface area contributed by atoms with Crippen molar-refractivity contribution < 1.29 is 13.2 Å². The fraction of sp³-hybridized carbons (Fsp3) is 0.294. The molecule has 5 heteroatoms. The molecule has 2 aromatic rings. The van der Waals surface area contributed by atoms with Gasteiger partial charge in [-0.05, 0) is 36.6 Å². The molecule has 0 aliphatic rings. The second kappa shape index (κ2) is 7.16. The Morgan fingerprint density at radius 2 is 1.73 bits per heavy atom. The van der Waals surface area contributed by atoms with Crippen LogP contribution in [0.25, 0.3) is 0 Å². The standard InChI is InChI=1S/C17H17ClF3N/c1-12(22-11-13-5-3-2-4-6-13)9-14-7-8-16(18)15(10-14)17(19,20)21/h2-8,10,12,22H,9,11H2,1H3. The van der Waals surface area contributed by atoms with E-state index in [4.69, 9.17) is 11.6 Å². The maximum atomic E-state index is 12.8. The van der Waals surface area contributed by atoms with Crippen molar-refractivity contribution in [2.24, 2.45) is 0 Å². The lowest BCUT2D eigenvalue weighted by molar-refractivity contribution is -0.137. The van der Waals surface area contributed by atoms with Gasteiger partial charge in [-0.2, -0.15) is 13.2 Å². The van der Waals surface area contributed by atoms with Crippen molar-refractivity contribution in [1.29, 1.82) is 0 Å². The summed E-state index contributed by atoms with van der Waals surface area (Å²) >= 11 is 5.62. The number of rotatable bonds is 5. The largest absolute Gasteiger partial charge is 0.417 e. The second-order valence-corrected chi connectivity index (χ2v) is 5.69. The molecule has 1 N–H and O–H groups in total. The maximum Gasteiger partial charge on any atom is 0.417 e. The highest BCUT2D eigenvalue weighted by molar-refractivity contribution is 6.31. The lowest BCUT2D eigenvalue weighted by Crippen LogP contribution is -2.27. The van der Waals surface area contributed by atoms with Crippen molar-refractivity contribution in [2.45, 2.75) is 32.1 Å². The number of hydrogen-bond acceptors (Lipinski definition) is 1. The van der Waals surface area contributed by atoms with Crippen LogP contribution in [-0.2, 0) is 19.1 Å². The summed E-state index contributed by atoms with van der Waals surface area (Å²) < 4.78 is 38.5. The summed E-state index contributed by atoms with van der Waals surface area (Å²) in [4.78, 5) is 0. The van der Waals surface area contributed by atoms with Gasteiger partial charge in [-0.1, -0.05) is 48.0 Å². The lowest BCUT2D eigenvalue weighted by Gasteiger charge is -2.16. The molecule has 0 aromatic heterocycles. The summed E-state index contributed by atoms with van der Waals surface area (Å²) in [6.45, 7) is 2.63. The number of benzene rings is 2. The van der Waals surface area contributed by atoms with E-state index in [-0.39, 0.29) is 11.1 Å². The monoisotopic (exact) mass is 327 g/mol. The quantitative estimate of drug-likeness (QED) is 0.807. The summed E-state index contributed by atoms with van der Waals surface area (Å²) in [6.07, 6.45) is -3.92. The number of halogens is 4. The number of nitrogens with one attached hydrogen (secondary N) is 1. The summed E-state index contributed by atoms with van der Waals surface area (Å²) in [6, 6.07) is 14.0. The van der Waals surface area contributed by atoms with Crippen molar-refractivity contribution in [3.63, 3.8) is 0 Å². The third-order valence-electron chi connectivity index (χ3n) is 3.38. The van der Waals surface area contributed by atoms with Crippen molar-refractivity contribution in [1.82, 2.24) is 5.32 Å². The van der Waals surface area contributed by atoms with Gasteiger partial charge in [-0.15, -0.1) is 0 Å². The highest BCUT2D eigenvalue weighted by atomic mass is 35.5. The van der Waals surface area contributed by atoms with Crippen molar-refractivity contribution in [3.8, 4) is 0 Å². The van der Waals surface area contributed by atoms with Crippen LogP contribution >= 0.6 is 11.6 Å². The van der Waals surface area contributed by atoms with Gasteiger partial charge in [0.15, 0.2) is 0 Å². The van der Waals surface area contributed by atoms with Crippen LogP contribution in [-0.4, -0.2) is 6.04 Å². The Kier molecular flexibility index (Phi) is 5.48. The first kappa shape index (κ1) is 16.8. The number of alkyl halides is 3. The van der Waals surface area contributed by atoms with E-state index < -0.39 is 11.7 Å². The topological polar surface area (TPSA) is 12.0 Å². The van der Waals surface area contributed by atoms with Gasteiger partial charge in [-0.25, -0.2) is 0 Å². The molecule has 0 saturated carbocycles. The van der Waals surface area contributed by atoms with E-state index in [1.54, 1.807) is 6.07 Å². The minimum absolute atomic E-state index is 0.0578. The molecule has 0 spiro atoms. The molecule has 0 aliphatic heterocycles. The van der Waals surface area contributed by atoms with E-state index in [1.165, 1.54) is 6.07 Å². The van der Waals surface area contributed by atoms with Gasteiger partial charge in [0.1, 0.15) is 0 Å². The smallest absolute Gasteiger partial charge is 0.310 e. The summed E-state index contributed by atoms with van der Waals surface area (Å²) in [5.74, 6) is 0. The molecule has 0 fully saturated rings. The van der Waals surface area contributed by atoms with Gasteiger partial charge < -0.3 is 5.32 Å². The normalized spacial score (nSPS) is 13.1. The van der Waals surface area contributed by atoms with E-state index in [9.17, 15) is 13.2 Å². The molecule has 2 aromatic carbocycles. The molecule has 1 unspecified atom stereocenters. The first-order chi connectivity index (χ1) is 10.4. The van der Waals surface area contributed by atoms with Crippen LogP contribution in [0.1, 0.15) is 23.6 Å². The van der Waals surface area contributed by atoms with Gasteiger partial charge in [-0.3, -0.25) is 0 Å². The lowest BCUT2D eigenvalue weighted by atomic mass is 10.0. The van der Waals surface area contributed by atoms with Crippen LogP contribution < -0.4 is 5.32 Å². The van der Waals surface area contributed by atoms with Crippen molar-refractivity contribution >= 4 is 11.6 Å². The van der Waals surface area contributed by atoms with Crippen LogP contribution in [0.2, 0.25) is 5.02 Å². The van der Waals surface area contributed by atoms with E-state index in [0.717, 1.165) is 11.6 Å². The van der Waals surface area contributed by atoms with E-state index in [2.05, 4.69) is 5.32 Å². The Morgan fingerprint density at radius 3 is 2.36 bits per heavy atom. The molecule has 2 rings (SSSR count). The highest BCUT2D eigenvalue weighted by Gasteiger charge is 2.33. The fourth-order valence-electron chi connectivity index (χ4n) is 2.23. The third kappa shape index (κ3) is 4.75. The molecule has 0 radical (unpaired) electrons. The van der Waals surface area contributed by atoms with Gasteiger partial charge >= 0.3 is 6.18 Å². The van der Waals surface area contributed by atoms with E-state index in [1.807, 2.05) is 37.3 Å². The van der Waals surface area contributed by atoms with Crippen molar-refractivity contribution in [3.05, 3.63) is 70.2 Å². The van der Waals surface area contributed by atoms with E-state index in [0.29, 0.717) is 18.5 Å². The molecule has 1 atom stereocenters. The first-order valence-electron chi connectivity index (χ1n) is 6.99. The highest BCUT2D eigenvalue weighted by Crippen LogP contribution is 2.35. The summed E-state index contributed by atoms with van der Waals surface area (Å²) in [5, 5.41) is 3.04. The molecule has 0 aliphatic carbocycles. The van der Waals surface area contributed by atoms with Crippen LogP contribution in [0.3, 0.4) is 0 Å². The van der Waals surface area contributed by atoms with Crippen LogP contribution in [0.15, 0.2) is 48.5 Å². The predicted octanol–water partition coefficient (Wildman–Crippen LogP) is 5.08. The van der Waals surface area contributed by atoms with Gasteiger partial charge in [0.05, 0.1) is 10.6 Å². The zero-order chi connectivity index (χ0) is 16.2. The first-order valence-corrected chi connectivity index (χ1v) is 7.37. The molecule has 0 amide bonds. The second-order valence-electron chi connectivity index (χ2n) is 5.28. The van der Waals surface area contributed by atoms with Gasteiger partial charge in [0, 0.05) is 12.6 Å². The zero-order valence-corrected chi connectivity index (χ0v) is 12.9. The predicted molar refractivity (Wildman–Crippen MR) is 82.9 cm³/mol. The van der Waals surface area contributed by atoms with Crippen LogP contribution in [0.5, 0.6) is 0 Å². The average molecular weight is 328 g/mol. The molecular weight excluding hydrogens is 311 g/mol. The molecule has 118 valence electrons. The molecule has 0 bridgehead atoms. The zero-order valence-electron chi connectivity index (χ0n) is 12.1. The molecular formula is C17H17ClF3N. The molecule has 0 heterocycles. The average Bonchev–Trinajstić information content (AvgIpc) is 2.47. The van der Waals surface area contributed by atoms with E-state index >= 15 is 0 Å². The maximum absolute atomic E-state index is 12.8. The summed E-state index contributed by atoms with van der Waals surface area (Å²) in [7, 11) is 0. The third-order valence-corrected chi connectivity index (χ3v) is 3.71. The van der Waals surface area contributed by atoms with Crippen LogP contribution in [0.4, 0.5) is 13.2 Å². The Balaban J connectivity index is 1.98. The van der Waals surface area contributed by atoms with Gasteiger partial charge in [0.2, 0.25) is 0 Å². The minimum Gasteiger partial charge on any atom is -0.310 e. The molecule has 0 saturated heterocycles. The summed E-state index contributed by atoms with van der Waals surface area (Å²) in [5.41, 5.74) is 0.980. The Morgan fingerprint density at radius 1 is 1.05 bits per heavy atom. The molecule has 1 nitrogen and oxygen atoms in total. The van der Waals surface area contributed by atoms with Gasteiger partial charge in [0.25, 0.3) is 0 Å². The van der Waals surface area contributed by atoms with Crippen molar-refractivity contribution in [2.75, 3.05) is 0 Å².